The molecule has 0 aromatic rings. The zero-order valence-corrected chi connectivity index (χ0v) is 17.9. The van der Waals surface area contributed by atoms with Crippen LogP contribution in [0.5, 0.6) is 0 Å². The Labute approximate surface area is 161 Å². The summed E-state index contributed by atoms with van der Waals surface area (Å²) in [4.78, 5) is 11.9. The Morgan fingerprint density at radius 1 is 0.962 bits per heavy atom. The van der Waals surface area contributed by atoms with E-state index < -0.39 is 15.3 Å². The Hall–Kier alpha value is -0.380. The van der Waals surface area contributed by atoms with Crippen LogP contribution in [0.4, 0.5) is 0 Å². The molecule has 0 aromatic heterocycles. The van der Waals surface area contributed by atoms with Gasteiger partial charge in [0.15, 0.2) is 9.84 Å². The minimum atomic E-state index is -3.23. The maximum atomic E-state index is 13.4. The van der Waals surface area contributed by atoms with Gasteiger partial charge in [-0.05, 0) is 43.9 Å². The first kappa shape index (κ1) is 21.9. The number of sulfone groups is 1. The van der Waals surface area contributed by atoms with E-state index in [0.717, 1.165) is 50.7 Å². The molecule has 3 unspecified atom stereocenters. The number of hydrogen-bond donors (Lipinski definition) is 0. The van der Waals surface area contributed by atoms with E-state index in [-0.39, 0.29) is 11.0 Å². The first-order valence-corrected chi connectivity index (χ1v) is 12.9. The molecule has 3 atom stereocenters. The number of carbonyl (C=O) groups is 1. The van der Waals surface area contributed by atoms with Gasteiger partial charge >= 0.3 is 0 Å². The first-order chi connectivity index (χ1) is 12.5. The van der Waals surface area contributed by atoms with Gasteiger partial charge in [-0.25, -0.2) is 8.42 Å². The van der Waals surface area contributed by atoms with Crippen LogP contribution >= 0.6 is 0 Å². The molecule has 2 aliphatic carbocycles. The summed E-state index contributed by atoms with van der Waals surface area (Å²) in [6, 6.07) is 0. The quantitative estimate of drug-likeness (QED) is 0.453. The summed E-state index contributed by atoms with van der Waals surface area (Å²) >= 11 is 0. The second-order valence-electron chi connectivity index (χ2n) is 9.07. The highest BCUT2D eigenvalue weighted by Gasteiger charge is 2.41. The van der Waals surface area contributed by atoms with Gasteiger partial charge in [-0.3, -0.25) is 0 Å². The number of aldehydes is 1. The van der Waals surface area contributed by atoms with E-state index in [4.69, 9.17) is 0 Å². The largest absolute Gasteiger partial charge is 0.303 e. The van der Waals surface area contributed by atoms with Crippen molar-refractivity contribution in [1.29, 1.82) is 0 Å². The highest BCUT2D eigenvalue weighted by Crippen LogP contribution is 2.40. The zero-order chi connectivity index (χ0) is 19.0. The van der Waals surface area contributed by atoms with Crippen LogP contribution in [0.2, 0.25) is 0 Å². The Balaban J connectivity index is 2.10. The lowest BCUT2D eigenvalue weighted by atomic mass is 9.77. The van der Waals surface area contributed by atoms with Crippen molar-refractivity contribution < 1.29 is 13.2 Å². The van der Waals surface area contributed by atoms with Crippen LogP contribution in [0, 0.1) is 17.3 Å². The van der Waals surface area contributed by atoms with Crippen molar-refractivity contribution in [2.75, 3.05) is 5.75 Å². The van der Waals surface area contributed by atoms with Crippen LogP contribution in [0.25, 0.3) is 0 Å². The Morgan fingerprint density at radius 2 is 1.62 bits per heavy atom. The normalized spacial score (nSPS) is 27.8. The van der Waals surface area contributed by atoms with Gasteiger partial charge < -0.3 is 4.79 Å². The van der Waals surface area contributed by atoms with Crippen molar-refractivity contribution in [2.45, 2.75) is 109 Å². The number of unbranched alkanes of at least 4 members (excludes halogenated alkanes) is 1. The highest BCUT2D eigenvalue weighted by atomic mass is 32.2. The Bertz CT molecular complexity index is 522. The molecule has 2 rings (SSSR count). The van der Waals surface area contributed by atoms with E-state index in [1.807, 2.05) is 6.92 Å². The molecule has 0 bridgehead atoms. The molecule has 0 amide bonds. The van der Waals surface area contributed by atoms with Gasteiger partial charge in [0.05, 0.1) is 11.0 Å². The van der Waals surface area contributed by atoms with Crippen molar-refractivity contribution in [3.05, 3.63) is 0 Å². The van der Waals surface area contributed by atoms with Crippen molar-refractivity contribution in [3.8, 4) is 0 Å². The van der Waals surface area contributed by atoms with Gasteiger partial charge in [0, 0.05) is 5.41 Å². The summed E-state index contributed by atoms with van der Waals surface area (Å²) in [6.45, 7) is 4.07. The molecular weight excluding hydrogens is 344 g/mol. The molecule has 26 heavy (non-hydrogen) atoms. The molecule has 0 N–H and O–H groups in total. The molecule has 152 valence electrons. The van der Waals surface area contributed by atoms with Gasteiger partial charge in [0.1, 0.15) is 6.29 Å². The summed E-state index contributed by atoms with van der Waals surface area (Å²) in [6.07, 6.45) is 16.0. The SMILES string of the molecule is CCCCC(C=O)(CC)CS(=O)(=O)C1CCCCC1CC1CCCCC1. The van der Waals surface area contributed by atoms with Gasteiger partial charge in [0.2, 0.25) is 0 Å². The Kier molecular flexibility index (Phi) is 8.63. The number of rotatable bonds is 10. The van der Waals surface area contributed by atoms with Crippen LogP contribution in [-0.2, 0) is 14.6 Å². The van der Waals surface area contributed by atoms with Crippen LogP contribution < -0.4 is 0 Å². The fourth-order valence-electron chi connectivity index (χ4n) is 5.33. The van der Waals surface area contributed by atoms with Crippen molar-refractivity contribution in [1.82, 2.24) is 0 Å². The topological polar surface area (TPSA) is 51.2 Å². The number of hydrogen-bond acceptors (Lipinski definition) is 3. The van der Waals surface area contributed by atoms with E-state index in [9.17, 15) is 13.2 Å². The molecule has 0 radical (unpaired) electrons. The third kappa shape index (κ3) is 5.81. The second kappa shape index (κ2) is 10.2. The summed E-state index contributed by atoms with van der Waals surface area (Å²) in [5.74, 6) is 1.13. The summed E-state index contributed by atoms with van der Waals surface area (Å²) in [7, 11) is -3.23. The molecular formula is C22H40O3S. The van der Waals surface area contributed by atoms with Gasteiger partial charge in [-0.15, -0.1) is 0 Å². The van der Waals surface area contributed by atoms with Crippen LogP contribution in [0.3, 0.4) is 0 Å². The minimum absolute atomic E-state index is 0.0752. The molecule has 3 nitrogen and oxygen atoms in total. The van der Waals surface area contributed by atoms with Crippen LogP contribution in [0.1, 0.15) is 104 Å². The third-order valence-corrected chi connectivity index (χ3v) is 9.65. The smallest absolute Gasteiger partial charge is 0.154 e. The van der Waals surface area contributed by atoms with Gasteiger partial charge in [0.25, 0.3) is 0 Å². The molecule has 4 heteroatoms. The van der Waals surface area contributed by atoms with Gasteiger partial charge in [-0.1, -0.05) is 71.6 Å². The lowest BCUT2D eigenvalue weighted by Gasteiger charge is -2.37. The van der Waals surface area contributed by atoms with E-state index in [0.29, 0.717) is 18.8 Å². The number of carbonyl (C=O) groups excluding carboxylic acids is 1. The summed E-state index contributed by atoms with van der Waals surface area (Å²) < 4.78 is 26.8. The molecule has 2 saturated carbocycles. The zero-order valence-electron chi connectivity index (χ0n) is 17.0. The van der Waals surface area contributed by atoms with Crippen molar-refractivity contribution in [2.24, 2.45) is 17.3 Å². The van der Waals surface area contributed by atoms with E-state index in [1.54, 1.807) is 0 Å². The predicted octanol–water partition coefficient (Wildman–Crippen LogP) is 5.72. The van der Waals surface area contributed by atoms with E-state index >= 15 is 0 Å². The molecule has 2 aliphatic rings. The van der Waals surface area contributed by atoms with E-state index in [2.05, 4.69) is 6.92 Å². The monoisotopic (exact) mass is 384 g/mol. The Morgan fingerprint density at radius 3 is 2.23 bits per heavy atom. The first-order valence-electron chi connectivity index (χ1n) is 11.1. The predicted molar refractivity (Wildman–Crippen MR) is 109 cm³/mol. The lowest BCUT2D eigenvalue weighted by molar-refractivity contribution is -0.115. The lowest BCUT2D eigenvalue weighted by Crippen LogP contribution is -2.41. The summed E-state index contributed by atoms with van der Waals surface area (Å²) in [5.41, 5.74) is -0.665. The molecule has 2 fully saturated rings. The van der Waals surface area contributed by atoms with E-state index in [1.165, 1.54) is 38.5 Å². The summed E-state index contributed by atoms with van der Waals surface area (Å²) in [5, 5.41) is -0.203. The molecule has 0 aromatic carbocycles. The minimum Gasteiger partial charge on any atom is -0.303 e. The molecule has 0 saturated heterocycles. The third-order valence-electron chi connectivity index (χ3n) is 7.13. The average Bonchev–Trinajstić information content (AvgIpc) is 2.66. The fourth-order valence-corrected chi connectivity index (χ4v) is 8.12. The molecule has 0 heterocycles. The second-order valence-corrected chi connectivity index (χ2v) is 11.3. The maximum absolute atomic E-state index is 13.4. The fraction of sp³-hybridized carbons (Fsp3) is 0.955. The van der Waals surface area contributed by atoms with Crippen molar-refractivity contribution in [3.63, 3.8) is 0 Å². The highest BCUT2D eigenvalue weighted by molar-refractivity contribution is 7.92. The average molecular weight is 385 g/mol. The van der Waals surface area contributed by atoms with Crippen LogP contribution in [-0.4, -0.2) is 25.7 Å². The van der Waals surface area contributed by atoms with Gasteiger partial charge in [-0.2, -0.15) is 0 Å². The molecule has 0 spiro atoms. The standard InChI is InChI=1S/C22H40O3S/c1-3-5-15-22(4-2,17-23)18-26(24,25)21-14-10-9-13-20(21)16-19-11-7-6-8-12-19/h17,19-21H,3-16,18H2,1-2H3. The molecule has 0 aliphatic heterocycles. The van der Waals surface area contributed by atoms with Crippen LogP contribution in [0.15, 0.2) is 0 Å². The maximum Gasteiger partial charge on any atom is 0.154 e. The van der Waals surface area contributed by atoms with Crippen molar-refractivity contribution >= 4 is 16.1 Å².